The van der Waals surface area contributed by atoms with Gasteiger partial charge in [-0.1, -0.05) is 29.8 Å². The third-order valence-electron chi connectivity index (χ3n) is 5.93. The number of rotatable bonds is 0. The van der Waals surface area contributed by atoms with Crippen molar-refractivity contribution in [2.24, 2.45) is 0 Å². The molecule has 0 N–H and O–H groups in total. The number of pyridine rings is 2. The number of aryl methyl sites for hydroxylation is 3. The Bertz CT molecular complexity index is 1560. The number of hydrogen-bond donors (Lipinski definition) is 0. The molecule has 3 aromatic heterocycles. The van der Waals surface area contributed by atoms with Crippen molar-refractivity contribution >= 4 is 63.5 Å². The van der Waals surface area contributed by atoms with Crippen LogP contribution in [0.1, 0.15) is 16.7 Å². The standard InChI is InChI=1S/C24H19N2P/c1-12-9-14(3)23-17(10-12)21-19-15(7-8-25-21)11-18(27)20-16-6-4-5-13(2)22(16)26(23)24(19)20/h4-11H,27H2,1-3H3. The zero-order valence-corrected chi connectivity index (χ0v) is 16.7. The van der Waals surface area contributed by atoms with Crippen LogP contribution in [0.25, 0.3) is 49.0 Å². The van der Waals surface area contributed by atoms with Gasteiger partial charge in [-0.05, 0) is 60.8 Å². The molecule has 0 saturated carbocycles. The van der Waals surface area contributed by atoms with Crippen molar-refractivity contribution in [1.29, 1.82) is 0 Å². The molecule has 0 saturated heterocycles. The molecule has 3 heterocycles. The lowest BCUT2D eigenvalue weighted by Crippen LogP contribution is -2.00. The van der Waals surface area contributed by atoms with Gasteiger partial charge in [0, 0.05) is 27.7 Å². The van der Waals surface area contributed by atoms with Gasteiger partial charge in [0.25, 0.3) is 0 Å². The number of aromatic nitrogens is 2. The molecular formula is C24H19N2P. The van der Waals surface area contributed by atoms with Gasteiger partial charge in [0.15, 0.2) is 0 Å². The summed E-state index contributed by atoms with van der Waals surface area (Å²) in [5.74, 6) is 0. The van der Waals surface area contributed by atoms with E-state index in [0.29, 0.717) is 0 Å². The zero-order valence-electron chi connectivity index (χ0n) is 15.6. The molecule has 130 valence electrons. The monoisotopic (exact) mass is 366 g/mol. The third-order valence-corrected chi connectivity index (χ3v) is 6.39. The number of nitrogens with zero attached hydrogens (tertiary/aromatic N) is 2. The highest BCUT2D eigenvalue weighted by molar-refractivity contribution is 7.28. The van der Waals surface area contributed by atoms with Crippen molar-refractivity contribution < 1.29 is 0 Å². The van der Waals surface area contributed by atoms with E-state index in [2.05, 4.69) is 76.9 Å². The summed E-state index contributed by atoms with van der Waals surface area (Å²) in [5, 5.41) is 7.66. The van der Waals surface area contributed by atoms with Crippen LogP contribution < -0.4 is 5.30 Å². The van der Waals surface area contributed by atoms with Gasteiger partial charge in [0.1, 0.15) is 0 Å². The second-order valence-corrected chi connectivity index (χ2v) is 8.35. The first-order chi connectivity index (χ1) is 13.1. The highest BCUT2D eigenvalue weighted by Crippen LogP contribution is 2.41. The minimum absolute atomic E-state index is 1.11. The Labute approximate surface area is 159 Å². The molecule has 0 aliphatic carbocycles. The molecule has 0 bridgehead atoms. The van der Waals surface area contributed by atoms with E-state index in [1.54, 1.807) is 0 Å². The fourth-order valence-corrected chi connectivity index (χ4v) is 5.46. The molecule has 0 fully saturated rings. The maximum absolute atomic E-state index is 4.85. The average molecular weight is 366 g/mol. The molecule has 0 amide bonds. The molecule has 3 aromatic carbocycles. The van der Waals surface area contributed by atoms with E-state index in [0.717, 1.165) is 5.52 Å². The van der Waals surface area contributed by atoms with Gasteiger partial charge >= 0.3 is 0 Å². The number of fused-ring (bicyclic) bond motifs is 6. The highest BCUT2D eigenvalue weighted by atomic mass is 31.0. The molecule has 27 heavy (non-hydrogen) atoms. The van der Waals surface area contributed by atoms with Crippen LogP contribution in [0.2, 0.25) is 0 Å². The lowest BCUT2D eigenvalue weighted by Gasteiger charge is -2.15. The zero-order chi connectivity index (χ0) is 18.4. The molecule has 0 spiro atoms. The topological polar surface area (TPSA) is 17.3 Å². The van der Waals surface area contributed by atoms with Crippen molar-refractivity contribution in [3.8, 4) is 0 Å². The van der Waals surface area contributed by atoms with Crippen molar-refractivity contribution in [2.75, 3.05) is 0 Å². The SMILES string of the molecule is Cc1cc(C)c2c(c1)c1nccc3cc(P)c4c5cccc(C)c5n2c4c31. The second kappa shape index (κ2) is 4.97. The number of hydrogen-bond acceptors (Lipinski definition) is 1. The predicted octanol–water partition coefficient (Wildman–Crippen LogP) is 5.81. The van der Waals surface area contributed by atoms with Crippen LogP contribution in [-0.4, -0.2) is 9.38 Å². The Balaban J connectivity index is 2.18. The fourth-order valence-electron chi connectivity index (χ4n) is 4.99. The first-order valence-electron chi connectivity index (χ1n) is 9.29. The molecule has 3 heteroatoms. The number of benzene rings is 3. The number of para-hydroxylation sites is 1. The Kier molecular flexibility index (Phi) is 2.83. The summed E-state index contributed by atoms with van der Waals surface area (Å²) in [6.45, 7) is 6.60. The normalized spacial score (nSPS) is 12.4. The molecular weight excluding hydrogens is 347 g/mol. The Morgan fingerprint density at radius 1 is 0.815 bits per heavy atom. The van der Waals surface area contributed by atoms with E-state index >= 15 is 0 Å². The maximum atomic E-state index is 4.85. The molecule has 1 atom stereocenters. The van der Waals surface area contributed by atoms with Crippen LogP contribution in [-0.2, 0) is 0 Å². The van der Waals surface area contributed by atoms with Crippen molar-refractivity contribution in [2.45, 2.75) is 20.8 Å². The second-order valence-electron chi connectivity index (χ2n) is 7.73. The van der Waals surface area contributed by atoms with Gasteiger partial charge < -0.3 is 4.40 Å². The van der Waals surface area contributed by atoms with Crippen LogP contribution in [0.15, 0.2) is 48.7 Å². The Morgan fingerprint density at radius 3 is 2.48 bits per heavy atom. The summed E-state index contributed by atoms with van der Waals surface area (Å²) in [6.07, 6.45) is 1.94. The van der Waals surface area contributed by atoms with E-state index in [-0.39, 0.29) is 0 Å². The summed E-state index contributed by atoms with van der Waals surface area (Å²) in [4.78, 5) is 4.85. The van der Waals surface area contributed by atoms with Crippen molar-refractivity contribution in [3.05, 3.63) is 65.4 Å². The van der Waals surface area contributed by atoms with E-state index in [4.69, 9.17) is 4.98 Å². The summed E-state index contributed by atoms with van der Waals surface area (Å²) in [5.41, 5.74) is 8.87. The van der Waals surface area contributed by atoms with E-state index in [9.17, 15) is 0 Å². The summed E-state index contributed by atoms with van der Waals surface area (Å²) < 4.78 is 2.49. The van der Waals surface area contributed by atoms with Gasteiger partial charge in [-0.2, -0.15) is 0 Å². The highest BCUT2D eigenvalue weighted by Gasteiger charge is 2.21. The van der Waals surface area contributed by atoms with Crippen LogP contribution in [0.5, 0.6) is 0 Å². The summed E-state index contributed by atoms with van der Waals surface area (Å²) in [6, 6.07) is 15.6. The molecule has 1 unspecified atom stereocenters. The van der Waals surface area contributed by atoms with Crippen molar-refractivity contribution in [3.63, 3.8) is 0 Å². The van der Waals surface area contributed by atoms with Crippen LogP contribution in [0, 0.1) is 20.8 Å². The minimum atomic E-state index is 1.11. The lowest BCUT2D eigenvalue weighted by molar-refractivity contribution is 1.28. The maximum Gasteiger partial charge on any atom is 0.0822 e. The molecule has 0 aliphatic heterocycles. The van der Waals surface area contributed by atoms with Crippen LogP contribution >= 0.6 is 9.24 Å². The van der Waals surface area contributed by atoms with E-state index in [1.807, 2.05) is 6.20 Å². The van der Waals surface area contributed by atoms with Crippen LogP contribution in [0.4, 0.5) is 0 Å². The minimum Gasteiger partial charge on any atom is -0.307 e. The van der Waals surface area contributed by atoms with Gasteiger partial charge in [-0.3, -0.25) is 4.98 Å². The summed E-state index contributed by atoms with van der Waals surface area (Å²) in [7, 11) is 2.96. The first-order valence-corrected chi connectivity index (χ1v) is 9.87. The fraction of sp³-hybridized carbons (Fsp3) is 0.125. The quantitative estimate of drug-likeness (QED) is 0.188. The molecule has 6 aromatic rings. The average Bonchev–Trinajstić information content (AvgIpc) is 2.98. The largest absolute Gasteiger partial charge is 0.307 e. The van der Waals surface area contributed by atoms with E-state index < -0.39 is 0 Å². The lowest BCUT2D eigenvalue weighted by atomic mass is 9.99. The van der Waals surface area contributed by atoms with Gasteiger partial charge in [0.05, 0.1) is 22.1 Å². The van der Waals surface area contributed by atoms with Crippen molar-refractivity contribution in [1.82, 2.24) is 9.38 Å². The molecule has 0 aliphatic rings. The smallest absolute Gasteiger partial charge is 0.0822 e. The predicted molar refractivity (Wildman–Crippen MR) is 120 cm³/mol. The van der Waals surface area contributed by atoms with Gasteiger partial charge in [-0.25, -0.2) is 0 Å². The Morgan fingerprint density at radius 2 is 1.63 bits per heavy atom. The first kappa shape index (κ1) is 15.4. The Hall–Kier alpha value is -2.70. The van der Waals surface area contributed by atoms with E-state index in [1.165, 1.54) is 65.5 Å². The molecule has 6 rings (SSSR count). The molecule has 0 radical (unpaired) electrons. The molecule has 2 nitrogen and oxygen atoms in total. The van der Waals surface area contributed by atoms with Crippen LogP contribution in [0.3, 0.4) is 0 Å². The van der Waals surface area contributed by atoms with Gasteiger partial charge in [0.2, 0.25) is 0 Å². The third kappa shape index (κ3) is 1.77. The van der Waals surface area contributed by atoms with Gasteiger partial charge in [-0.15, -0.1) is 9.24 Å². The summed E-state index contributed by atoms with van der Waals surface area (Å²) >= 11 is 0.